The maximum atomic E-state index is 15.2. The van der Waals surface area contributed by atoms with E-state index in [0.29, 0.717) is 18.2 Å². The lowest BCUT2D eigenvalue weighted by molar-refractivity contribution is 0.0934. The molecule has 1 amide bonds. The van der Waals surface area contributed by atoms with Crippen LogP contribution in [0.4, 0.5) is 4.39 Å². The molecule has 0 radical (unpaired) electrons. The number of carbonyl (C=O) groups is 1. The van der Waals surface area contributed by atoms with Gasteiger partial charge in [-0.2, -0.15) is 0 Å². The average Bonchev–Trinajstić information content (AvgIpc) is 3.26. The first-order valence-electron chi connectivity index (χ1n) is 11.8. The zero-order chi connectivity index (χ0) is 25.5. The normalized spacial score (nSPS) is 14.1. The van der Waals surface area contributed by atoms with E-state index in [2.05, 4.69) is 48.4 Å². The van der Waals surface area contributed by atoms with Crippen LogP contribution in [0.3, 0.4) is 0 Å². The van der Waals surface area contributed by atoms with Crippen molar-refractivity contribution >= 4 is 11.6 Å². The minimum absolute atomic E-state index is 0.0376. The summed E-state index contributed by atoms with van der Waals surface area (Å²) in [6.45, 7) is 2.00. The van der Waals surface area contributed by atoms with Gasteiger partial charge in [0.15, 0.2) is 17.3 Å². The zero-order valence-corrected chi connectivity index (χ0v) is 20.1. The number of amides is 1. The summed E-state index contributed by atoms with van der Waals surface area (Å²) in [6.07, 6.45) is 9.42. The highest BCUT2D eigenvalue weighted by atomic mass is 19.1. The SMILES string of the molecule is COc1ccc(-n2cnnn2)c(C(C)NC(=O)c2cn(Cc3cn4cc(C5CC5)ccc4n3)nn2)c1F. The molecule has 1 N–H and O–H groups in total. The molecule has 1 saturated carbocycles. The van der Waals surface area contributed by atoms with E-state index in [4.69, 9.17) is 4.74 Å². The molecule has 13 heteroatoms. The first-order valence-corrected chi connectivity index (χ1v) is 11.8. The predicted molar refractivity (Wildman–Crippen MR) is 128 cm³/mol. The van der Waals surface area contributed by atoms with Crippen LogP contribution in [0, 0.1) is 5.82 Å². The molecule has 188 valence electrons. The molecule has 5 aromatic rings. The molecule has 0 bridgehead atoms. The summed E-state index contributed by atoms with van der Waals surface area (Å²) in [5.41, 5.74) is 3.60. The minimum atomic E-state index is -0.758. The molecular formula is C24H23FN10O2. The lowest BCUT2D eigenvalue weighted by Gasteiger charge is -2.19. The number of fused-ring (bicyclic) bond motifs is 1. The van der Waals surface area contributed by atoms with E-state index in [9.17, 15) is 4.79 Å². The standard InChI is InChI=1S/C24H23FN10O2/c1-14(22-19(35-13-26-30-32-35)6-7-20(37-2)23(22)25)27-24(36)18-12-34(31-29-18)11-17-10-33-9-16(15-3-4-15)5-8-21(33)28-17/h5-10,12-15H,3-4,11H2,1-2H3,(H,27,36). The van der Waals surface area contributed by atoms with Gasteiger partial charge in [-0.15, -0.1) is 10.2 Å². The van der Waals surface area contributed by atoms with Gasteiger partial charge >= 0.3 is 0 Å². The second-order valence-electron chi connectivity index (χ2n) is 9.00. The first kappa shape index (κ1) is 22.8. The van der Waals surface area contributed by atoms with Gasteiger partial charge in [0.25, 0.3) is 5.91 Å². The van der Waals surface area contributed by atoms with Gasteiger partial charge in [0.05, 0.1) is 37.3 Å². The second-order valence-corrected chi connectivity index (χ2v) is 9.00. The van der Waals surface area contributed by atoms with Crippen molar-refractivity contribution in [3.63, 3.8) is 0 Å². The van der Waals surface area contributed by atoms with Crippen molar-refractivity contribution in [2.75, 3.05) is 7.11 Å². The number of ether oxygens (including phenoxy) is 1. The minimum Gasteiger partial charge on any atom is -0.494 e. The summed E-state index contributed by atoms with van der Waals surface area (Å²) in [7, 11) is 1.37. The Bertz CT molecular complexity index is 1590. The third kappa shape index (κ3) is 4.39. The molecule has 0 aliphatic heterocycles. The molecule has 1 aliphatic carbocycles. The number of carbonyl (C=O) groups excluding carboxylic acids is 1. The van der Waals surface area contributed by atoms with Crippen molar-refractivity contribution in [3.05, 3.63) is 77.5 Å². The van der Waals surface area contributed by atoms with Crippen LogP contribution >= 0.6 is 0 Å². The Morgan fingerprint density at radius 2 is 2.05 bits per heavy atom. The first-order chi connectivity index (χ1) is 18.0. The van der Waals surface area contributed by atoms with Gasteiger partial charge in [-0.25, -0.2) is 18.7 Å². The number of benzene rings is 1. The maximum absolute atomic E-state index is 15.2. The number of hydrogen-bond acceptors (Lipinski definition) is 8. The predicted octanol–water partition coefficient (Wildman–Crippen LogP) is 2.47. The van der Waals surface area contributed by atoms with Gasteiger partial charge in [0.2, 0.25) is 0 Å². The van der Waals surface area contributed by atoms with Crippen LogP contribution in [0.2, 0.25) is 0 Å². The van der Waals surface area contributed by atoms with Crippen LogP contribution in [0.15, 0.2) is 49.2 Å². The van der Waals surface area contributed by atoms with Crippen LogP contribution < -0.4 is 10.1 Å². The number of rotatable bonds is 8. The van der Waals surface area contributed by atoms with Crippen LogP contribution in [0.5, 0.6) is 5.75 Å². The molecular weight excluding hydrogens is 479 g/mol. The highest BCUT2D eigenvalue weighted by molar-refractivity contribution is 5.92. The number of hydrogen-bond donors (Lipinski definition) is 1. The highest BCUT2D eigenvalue weighted by Crippen LogP contribution is 2.39. The van der Waals surface area contributed by atoms with E-state index in [1.807, 2.05) is 16.7 Å². The third-order valence-corrected chi connectivity index (χ3v) is 6.39. The molecule has 4 aromatic heterocycles. The quantitative estimate of drug-likeness (QED) is 0.343. The van der Waals surface area contributed by atoms with E-state index >= 15 is 4.39 Å². The fourth-order valence-corrected chi connectivity index (χ4v) is 4.39. The van der Waals surface area contributed by atoms with Gasteiger partial charge < -0.3 is 14.5 Å². The summed E-state index contributed by atoms with van der Waals surface area (Å²) in [6, 6.07) is 6.47. The van der Waals surface area contributed by atoms with E-state index in [1.54, 1.807) is 17.7 Å². The molecule has 1 fully saturated rings. The maximum Gasteiger partial charge on any atom is 0.273 e. The third-order valence-electron chi connectivity index (χ3n) is 6.39. The molecule has 6 rings (SSSR count). The van der Waals surface area contributed by atoms with Crippen molar-refractivity contribution in [2.45, 2.75) is 38.3 Å². The average molecular weight is 503 g/mol. The van der Waals surface area contributed by atoms with Crippen molar-refractivity contribution < 1.29 is 13.9 Å². The van der Waals surface area contributed by atoms with E-state index < -0.39 is 17.8 Å². The van der Waals surface area contributed by atoms with Crippen molar-refractivity contribution in [3.8, 4) is 11.4 Å². The Balaban J connectivity index is 1.19. The van der Waals surface area contributed by atoms with Crippen molar-refractivity contribution in [1.29, 1.82) is 0 Å². The van der Waals surface area contributed by atoms with E-state index in [0.717, 1.165) is 11.3 Å². The molecule has 37 heavy (non-hydrogen) atoms. The van der Waals surface area contributed by atoms with Gasteiger partial charge in [-0.3, -0.25) is 4.79 Å². The Morgan fingerprint density at radius 3 is 2.81 bits per heavy atom. The number of halogens is 1. The number of imidazole rings is 1. The molecule has 0 spiro atoms. The highest BCUT2D eigenvalue weighted by Gasteiger charge is 2.25. The van der Waals surface area contributed by atoms with Crippen LogP contribution in [0.1, 0.15) is 59.0 Å². The van der Waals surface area contributed by atoms with Crippen molar-refractivity contribution in [2.24, 2.45) is 0 Å². The van der Waals surface area contributed by atoms with Gasteiger partial charge in [-0.1, -0.05) is 11.3 Å². The monoisotopic (exact) mass is 502 g/mol. The van der Waals surface area contributed by atoms with Gasteiger partial charge in [-0.05, 0) is 59.9 Å². The summed E-state index contributed by atoms with van der Waals surface area (Å²) >= 11 is 0. The lowest BCUT2D eigenvalue weighted by atomic mass is 10.0. The summed E-state index contributed by atoms with van der Waals surface area (Å²) in [4.78, 5) is 17.6. The Labute approximate surface area is 210 Å². The van der Waals surface area contributed by atoms with Gasteiger partial charge in [0.1, 0.15) is 12.0 Å². The number of nitrogens with one attached hydrogen (secondary N) is 1. The fraction of sp³-hybridized carbons (Fsp3) is 0.292. The molecule has 1 aromatic carbocycles. The smallest absolute Gasteiger partial charge is 0.273 e. The van der Waals surface area contributed by atoms with E-state index in [1.165, 1.54) is 48.8 Å². The number of nitrogens with zero attached hydrogens (tertiary/aromatic N) is 9. The number of tetrazole rings is 1. The largest absolute Gasteiger partial charge is 0.494 e. The molecule has 1 atom stereocenters. The number of pyridine rings is 1. The Hall–Kier alpha value is -4.68. The molecule has 1 unspecified atom stereocenters. The van der Waals surface area contributed by atoms with E-state index in [-0.39, 0.29) is 17.0 Å². The molecule has 0 saturated heterocycles. The second kappa shape index (κ2) is 9.08. The van der Waals surface area contributed by atoms with Crippen molar-refractivity contribution in [1.82, 2.24) is 49.9 Å². The lowest BCUT2D eigenvalue weighted by Crippen LogP contribution is -2.28. The zero-order valence-electron chi connectivity index (χ0n) is 20.1. The summed E-state index contributed by atoms with van der Waals surface area (Å²) < 4.78 is 25.2. The van der Waals surface area contributed by atoms with Crippen LogP contribution in [0.25, 0.3) is 11.3 Å². The molecule has 4 heterocycles. The number of methoxy groups -OCH3 is 1. The Morgan fingerprint density at radius 1 is 1.19 bits per heavy atom. The summed E-state index contributed by atoms with van der Waals surface area (Å²) in [5.74, 6) is -0.435. The van der Waals surface area contributed by atoms with Gasteiger partial charge in [0, 0.05) is 18.0 Å². The molecule has 1 aliphatic rings. The van der Waals surface area contributed by atoms with Crippen LogP contribution in [-0.4, -0.2) is 57.6 Å². The molecule has 12 nitrogen and oxygen atoms in total. The Kier molecular flexibility index (Phi) is 5.58. The number of aromatic nitrogens is 9. The van der Waals surface area contributed by atoms with Crippen LogP contribution in [-0.2, 0) is 6.54 Å². The fourth-order valence-electron chi connectivity index (χ4n) is 4.39. The summed E-state index contributed by atoms with van der Waals surface area (Å²) in [5, 5.41) is 21.9. The topological polar surface area (TPSA) is 130 Å².